The Morgan fingerprint density at radius 1 is 1.18 bits per heavy atom. The van der Waals surface area contributed by atoms with Gasteiger partial charge in [0.2, 0.25) is 0 Å². The Hall–Kier alpha value is -0.775. The number of rotatable bonds is 3. The van der Waals surface area contributed by atoms with Crippen LogP contribution in [0.25, 0.3) is 0 Å². The lowest BCUT2D eigenvalue weighted by Crippen LogP contribution is -2.41. The van der Waals surface area contributed by atoms with E-state index >= 15 is 0 Å². The van der Waals surface area contributed by atoms with Crippen molar-refractivity contribution in [2.75, 3.05) is 7.05 Å². The van der Waals surface area contributed by atoms with Crippen molar-refractivity contribution in [1.29, 1.82) is 0 Å². The van der Waals surface area contributed by atoms with Gasteiger partial charge in [-0.2, -0.15) is 0 Å². The summed E-state index contributed by atoms with van der Waals surface area (Å²) in [5, 5.41) is 1.50. The van der Waals surface area contributed by atoms with E-state index in [1.807, 2.05) is 53.0 Å². The number of allylic oxidation sites excluding steroid dienone is 3. The Balaban J connectivity index is 2.95. The van der Waals surface area contributed by atoms with Crippen LogP contribution in [0.4, 0.5) is 0 Å². The second-order valence-electron chi connectivity index (χ2n) is 5.38. The third kappa shape index (κ3) is 3.12. The quantitative estimate of drug-likeness (QED) is 0.353. The summed E-state index contributed by atoms with van der Waals surface area (Å²) in [7, 11) is 1.40. The summed E-state index contributed by atoms with van der Waals surface area (Å²) < 4.78 is 11.9. The second kappa shape index (κ2) is 4.84. The van der Waals surface area contributed by atoms with E-state index in [-0.39, 0.29) is 18.3 Å². The molecule has 0 aromatic carbocycles. The normalized spacial score (nSPS) is 23.5. The molecular weight excluding hydrogens is 215 g/mol. The Kier molecular flexibility index (Phi) is 4.07. The highest BCUT2D eigenvalue weighted by Crippen LogP contribution is 2.38. The maximum atomic E-state index is 5.96. The fourth-order valence-corrected chi connectivity index (χ4v) is 1.59. The summed E-state index contributed by atoms with van der Waals surface area (Å²) in [4.78, 5) is 0. The molecule has 1 saturated heterocycles. The largest absolute Gasteiger partial charge is 0.496 e. The third-order valence-electron chi connectivity index (χ3n) is 3.24. The predicted octanol–water partition coefficient (Wildman–Crippen LogP) is 1.88. The van der Waals surface area contributed by atoms with Gasteiger partial charge in [-0.3, -0.25) is 0 Å². The minimum atomic E-state index is -0.373. The SMILES string of the molecule is C/C=C\C(=C/N(C)N)B1OC(C)(C)C(C)(C)O1. The van der Waals surface area contributed by atoms with Crippen molar-refractivity contribution in [1.82, 2.24) is 5.01 Å². The highest BCUT2D eigenvalue weighted by Gasteiger charge is 2.52. The fraction of sp³-hybridized carbons (Fsp3) is 0.667. The topological polar surface area (TPSA) is 47.7 Å². The lowest BCUT2D eigenvalue weighted by Gasteiger charge is -2.32. The van der Waals surface area contributed by atoms with Crippen molar-refractivity contribution in [3.63, 3.8) is 0 Å². The van der Waals surface area contributed by atoms with Gasteiger partial charge in [0.05, 0.1) is 11.2 Å². The van der Waals surface area contributed by atoms with Crippen LogP contribution < -0.4 is 5.84 Å². The molecule has 1 heterocycles. The van der Waals surface area contributed by atoms with Gasteiger partial charge in [-0.1, -0.05) is 12.2 Å². The monoisotopic (exact) mass is 238 g/mol. The van der Waals surface area contributed by atoms with Gasteiger partial charge in [-0.05, 0) is 40.1 Å². The molecule has 0 unspecified atom stereocenters. The molecule has 0 radical (unpaired) electrons. The van der Waals surface area contributed by atoms with E-state index in [1.54, 1.807) is 7.05 Å². The lowest BCUT2D eigenvalue weighted by atomic mass is 9.78. The van der Waals surface area contributed by atoms with E-state index in [4.69, 9.17) is 15.2 Å². The molecule has 0 bridgehead atoms. The Labute approximate surface area is 105 Å². The molecule has 96 valence electrons. The van der Waals surface area contributed by atoms with Crippen LogP contribution in [0.1, 0.15) is 34.6 Å². The van der Waals surface area contributed by atoms with Crippen LogP contribution in [0.3, 0.4) is 0 Å². The first-order valence-electron chi connectivity index (χ1n) is 5.87. The molecule has 0 atom stereocenters. The molecule has 1 aliphatic heterocycles. The zero-order valence-electron chi connectivity index (χ0n) is 11.7. The molecule has 0 aromatic rings. The summed E-state index contributed by atoms with van der Waals surface area (Å²) in [6, 6.07) is 0. The Morgan fingerprint density at radius 3 is 2.00 bits per heavy atom. The Bertz CT molecular complexity index is 319. The molecule has 1 aliphatic rings. The van der Waals surface area contributed by atoms with Crippen LogP contribution in [-0.2, 0) is 9.31 Å². The van der Waals surface area contributed by atoms with Gasteiger partial charge in [0.25, 0.3) is 0 Å². The van der Waals surface area contributed by atoms with Crippen molar-refractivity contribution >= 4 is 7.12 Å². The van der Waals surface area contributed by atoms with Gasteiger partial charge in [0, 0.05) is 13.2 Å². The molecular formula is C12H23BN2O2. The summed E-state index contributed by atoms with van der Waals surface area (Å²) in [6.07, 6.45) is 5.70. The molecule has 0 amide bonds. The van der Waals surface area contributed by atoms with Gasteiger partial charge < -0.3 is 14.3 Å². The van der Waals surface area contributed by atoms with Crippen LogP contribution in [0.15, 0.2) is 23.8 Å². The number of nitrogens with zero attached hydrogens (tertiary/aromatic N) is 1. The van der Waals surface area contributed by atoms with Crippen molar-refractivity contribution < 1.29 is 9.31 Å². The van der Waals surface area contributed by atoms with Crippen molar-refractivity contribution in [3.8, 4) is 0 Å². The van der Waals surface area contributed by atoms with E-state index in [2.05, 4.69) is 0 Å². The van der Waals surface area contributed by atoms with Gasteiger partial charge in [-0.25, -0.2) is 5.84 Å². The first-order chi connectivity index (χ1) is 7.69. The zero-order valence-corrected chi connectivity index (χ0v) is 11.7. The Morgan fingerprint density at radius 2 is 1.65 bits per heavy atom. The molecule has 0 aromatic heterocycles. The molecule has 17 heavy (non-hydrogen) atoms. The molecule has 0 saturated carbocycles. The van der Waals surface area contributed by atoms with Gasteiger partial charge in [0.15, 0.2) is 0 Å². The average molecular weight is 238 g/mol. The molecule has 2 N–H and O–H groups in total. The van der Waals surface area contributed by atoms with Gasteiger partial charge >= 0.3 is 7.12 Å². The minimum absolute atomic E-state index is 0.328. The average Bonchev–Trinajstić information content (AvgIpc) is 2.34. The summed E-state index contributed by atoms with van der Waals surface area (Å²) in [6.45, 7) is 10.1. The predicted molar refractivity (Wildman–Crippen MR) is 70.9 cm³/mol. The molecule has 0 aliphatic carbocycles. The molecule has 4 nitrogen and oxygen atoms in total. The third-order valence-corrected chi connectivity index (χ3v) is 3.24. The lowest BCUT2D eigenvalue weighted by molar-refractivity contribution is 0.00578. The zero-order chi connectivity index (χ0) is 13.3. The standard InChI is InChI=1S/C12H23BN2O2/c1-7-8-10(9-15(6)14)13-16-11(2,3)12(4,5)17-13/h7-9H,14H2,1-6H3/b8-7-,10-9+. The maximum absolute atomic E-state index is 5.96. The highest BCUT2D eigenvalue weighted by molar-refractivity contribution is 6.55. The van der Waals surface area contributed by atoms with Crippen LogP contribution in [0.5, 0.6) is 0 Å². The summed E-state index contributed by atoms with van der Waals surface area (Å²) in [5.41, 5.74) is 0.257. The van der Waals surface area contributed by atoms with E-state index in [0.717, 1.165) is 5.47 Å². The van der Waals surface area contributed by atoms with Crippen LogP contribution >= 0.6 is 0 Å². The van der Waals surface area contributed by atoms with E-state index < -0.39 is 0 Å². The number of hydrogen-bond donors (Lipinski definition) is 1. The van der Waals surface area contributed by atoms with E-state index in [1.165, 1.54) is 5.01 Å². The van der Waals surface area contributed by atoms with Gasteiger partial charge in [0.1, 0.15) is 0 Å². The molecule has 1 rings (SSSR count). The fourth-order valence-electron chi connectivity index (χ4n) is 1.59. The molecule has 0 spiro atoms. The maximum Gasteiger partial charge on any atom is 0.496 e. The molecule has 5 heteroatoms. The number of nitrogens with two attached hydrogens (primary N) is 1. The first kappa shape index (κ1) is 14.3. The summed E-state index contributed by atoms with van der Waals surface area (Å²) >= 11 is 0. The van der Waals surface area contributed by atoms with E-state index in [0.29, 0.717) is 0 Å². The number of hydrazine groups is 1. The van der Waals surface area contributed by atoms with Crippen LogP contribution in [-0.4, -0.2) is 30.4 Å². The smallest absolute Gasteiger partial charge is 0.399 e. The first-order valence-corrected chi connectivity index (χ1v) is 5.87. The van der Waals surface area contributed by atoms with Crippen LogP contribution in [0, 0.1) is 0 Å². The van der Waals surface area contributed by atoms with Crippen molar-refractivity contribution in [2.45, 2.75) is 45.8 Å². The number of hydrogen-bond acceptors (Lipinski definition) is 4. The second-order valence-corrected chi connectivity index (χ2v) is 5.38. The summed E-state index contributed by atoms with van der Waals surface area (Å²) in [5.74, 6) is 5.64. The molecule has 1 fully saturated rings. The highest BCUT2D eigenvalue weighted by atomic mass is 16.7. The van der Waals surface area contributed by atoms with E-state index in [9.17, 15) is 0 Å². The van der Waals surface area contributed by atoms with Crippen molar-refractivity contribution in [3.05, 3.63) is 23.8 Å². The van der Waals surface area contributed by atoms with Gasteiger partial charge in [-0.15, -0.1) is 0 Å². The van der Waals surface area contributed by atoms with Crippen molar-refractivity contribution in [2.24, 2.45) is 5.84 Å². The minimum Gasteiger partial charge on any atom is -0.399 e. The van der Waals surface area contributed by atoms with Crippen LogP contribution in [0.2, 0.25) is 0 Å².